The molecule has 3 N–H and O–H groups in total. The van der Waals surface area contributed by atoms with E-state index in [2.05, 4.69) is 15.5 Å². The van der Waals surface area contributed by atoms with Gasteiger partial charge in [0, 0.05) is 5.69 Å². The summed E-state index contributed by atoms with van der Waals surface area (Å²) in [5, 5.41) is 8.79. The van der Waals surface area contributed by atoms with Gasteiger partial charge < -0.3 is 11.2 Å². The molecule has 12 heteroatoms. The summed E-state index contributed by atoms with van der Waals surface area (Å²) in [6.07, 6.45) is -3.74. The predicted octanol–water partition coefficient (Wildman–Crippen LogP) is 1.76. The van der Waals surface area contributed by atoms with Crippen LogP contribution in [0.5, 0.6) is 0 Å². The van der Waals surface area contributed by atoms with Crippen molar-refractivity contribution in [3.8, 4) is 0 Å². The summed E-state index contributed by atoms with van der Waals surface area (Å²) in [6, 6.07) is 3.00. The Balaban J connectivity index is 2.05. The standard InChI is InChI=1S/C12H9ClF3N5O2S/c13-8-2-1-6(3-7(8)12(14,15)16)19-9(22)5-24-11-20-18-4-10(23)21(11)17/h1-4H,5,17H2,(H,19,22). The third-order valence-corrected chi connectivity index (χ3v) is 3.92. The van der Waals surface area contributed by atoms with E-state index in [1.807, 2.05) is 0 Å². The predicted molar refractivity (Wildman–Crippen MR) is 82.3 cm³/mol. The lowest BCUT2D eigenvalue weighted by atomic mass is 10.2. The molecule has 0 atom stereocenters. The number of hydrogen-bond acceptors (Lipinski definition) is 6. The molecule has 0 aliphatic carbocycles. The summed E-state index contributed by atoms with van der Waals surface area (Å²) in [7, 11) is 0. The molecule has 0 aliphatic rings. The second kappa shape index (κ2) is 7.09. The zero-order chi connectivity index (χ0) is 17.9. The molecule has 24 heavy (non-hydrogen) atoms. The van der Waals surface area contributed by atoms with Crippen LogP contribution in [0.3, 0.4) is 0 Å². The normalized spacial score (nSPS) is 11.3. The number of benzene rings is 1. The average molecular weight is 380 g/mol. The summed E-state index contributed by atoms with van der Waals surface area (Å²) in [6.45, 7) is 0. The number of nitrogens with two attached hydrogens (primary N) is 1. The van der Waals surface area contributed by atoms with Gasteiger partial charge in [0.1, 0.15) is 6.20 Å². The van der Waals surface area contributed by atoms with Gasteiger partial charge in [-0.15, -0.1) is 5.10 Å². The van der Waals surface area contributed by atoms with E-state index in [-0.39, 0.29) is 16.6 Å². The molecule has 1 amide bonds. The van der Waals surface area contributed by atoms with Crippen molar-refractivity contribution < 1.29 is 18.0 Å². The molecule has 0 aliphatic heterocycles. The Kier molecular flexibility index (Phi) is 5.34. The minimum Gasteiger partial charge on any atom is -0.334 e. The number of amides is 1. The molecule has 128 valence electrons. The van der Waals surface area contributed by atoms with Gasteiger partial charge in [0.05, 0.1) is 16.3 Å². The maximum Gasteiger partial charge on any atom is 0.417 e. The number of carbonyl (C=O) groups is 1. The van der Waals surface area contributed by atoms with E-state index < -0.39 is 28.2 Å². The monoisotopic (exact) mass is 379 g/mol. The third kappa shape index (κ3) is 4.38. The highest BCUT2D eigenvalue weighted by molar-refractivity contribution is 7.99. The van der Waals surface area contributed by atoms with E-state index in [1.54, 1.807) is 0 Å². The van der Waals surface area contributed by atoms with Gasteiger partial charge in [-0.2, -0.15) is 22.9 Å². The van der Waals surface area contributed by atoms with Crippen LogP contribution in [0.25, 0.3) is 0 Å². The molecule has 0 spiro atoms. The Hall–Kier alpha value is -2.27. The van der Waals surface area contributed by atoms with Gasteiger partial charge in [-0.1, -0.05) is 23.4 Å². The van der Waals surface area contributed by atoms with Crippen LogP contribution in [0.4, 0.5) is 18.9 Å². The van der Waals surface area contributed by atoms with Crippen LogP contribution in [0.15, 0.2) is 34.3 Å². The van der Waals surface area contributed by atoms with E-state index in [0.717, 1.165) is 30.1 Å². The number of thioether (sulfide) groups is 1. The Bertz CT molecular complexity index is 827. The number of nitrogens with zero attached hydrogens (tertiary/aromatic N) is 3. The number of rotatable bonds is 4. The largest absolute Gasteiger partial charge is 0.417 e. The highest BCUT2D eigenvalue weighted by Gasteiger charge is 2.33. The van der Waals surface area contributed by atoms with Gasteiger partial charge >= 0.3 is 6.18 Å². The van der Waals surface area contributed by atoms with Crippen LogP contribution < -0.4 is 16.7 Å². The second-order valence-electron chi connectivity index (χ2n) is 4.36. The minimum atomic E-state index is -4.64. The Labute approximate surface area is 142 Å². The van der Waals surface area contributed by atoms with E-state index in [9.17, 15) is 22.8 Å². The zero-order valence-corrected chi connectivity index (χ0v) is 13.2. The molecule has 1 heterocycles. The van der Waals surface area contributed by atoms with Gasteiger partial charge in [-0.25, -0.2) is 0 Å². The number of hydrogen-bond donors (Lipinski definition) is 2. The number of nitrogens with one attached hydrogen (secondary N) is 1. The van der Waals surface area contributed by atoms with Gasteiger partial charge in [-0.3, -0.25) is 9.59 Å². The van der Waals surface area contributed by atoms with Gasteiger partial charge in [-0.05, 0) is 18.2 Å². The summed E-state index contributed by atoms with van der Waals surface area (Å²) in [4.78, 5) is 23.0. The molecule has 0 saturated carbocycles. The van der Waals surface area contributed by atoms with Crippen molar-refractivity contribution in [1.29, 1.82) is 0 Å². The van der Waals surface area contributed by atoms with E-state index >= 15 is 0 Å². The molecule has 0 unspecified atom stereocenters. The first-order valence-corrected chi connectivity index (χ1v) is 7.54. The SMILES string of the molecule is Nn1c(SCC(=O)Nc2ccc(Cl)c(C(F)(F)F)c2)nncc1=O. The van der Waals surface area contributed by atoms with Crippen molar-refractivity contribution in [1.82, 2.24) is 14.9 Å². The lowest BCUT2D eigenvalue weighted by Crippen LogP contribution is -2.30. The van der Waals surface area contributed by atoms with E-state index in [1.165, 1.54) is 6.07 Å². The Morgan fingerprint density at radius 1 is 1.42 bits per heavy atom. The number of aromatic nitrogens is 3. The number of alkyl halides is 3. The second-order valence-corrected chi connectivity index (χ2v) is 5.71. The fourth-order valence-electron chi connectivity index (χ4n) is 1.58. The highest BCUT2D eigenvalue weighted by Crippen LogP contribution is 2.36. The Morgan fingerprint density at radius 3 is 2.79 bits per heavy atom. The Morgan fingerprint density at radius 2 is 2.12 bits per heavy atom. The van der Waals surface area contributed by atoms with Crippen LogP contribution in [0.1, 0.15) is 5.56 Å². The molecular formula is C12H9ClF3N5O2S. The van der Waals surface area contributed by atoms with Gasteiger partial charge in [0.25, 0.3) is 5.56 Å². The van der Waals surface area contributed by atoms with Crippen LogP contribution in [0.2, 0.25) is 5.02 Å². The van der Waals surface area contributed by atoms with Crippen molar-refractivity contribution in [2.75, 3.05) is 16.9 Å². The van der Waals surface area contributed by atoms with Crippen molar-refractivity contribution in [2.45, 2.75) is 11.3 Å². The fourth-order valence-corrected chi connectivity index (χ4v) is 2.47. The van der Waals surface area contributed by atoms with Crippen molar-refractivity contribution in [2.24, 2.45) is 0 Å². The van der Waals surface area contributed by atoms with Gasteiger partial charge in [0.2, 0.25) is 11.1 Å². The molecule has 1 aromatic carbocycles. The highest BCUT2D eigenvalue weighted by atomic mass is 35.5. The molecular weight excluding hydrogens is 371 g/mol. The maximum absolute atomic E-state index is 12.8. The number of anilines is 1. The number of carbonyl (C=O) groups excluding carboxylic acids is 1. The number of halogens is 4. The molecule has 2 aromatic rings. The number of nitrogen functional groups attached to an aromatic ring is 1. The topological polar surface area (TPSA) is 103 Å². The molecule has 7 nitrogen and oxygen atoms in total. The van der Waals surface area contributed by atoms with Crippen molar-refractivity contribution in [3.63, 3.8) is 0 Å². The first kappa shape index (κ1) is 18.1. The molecule has 2 rings (SSSR count). The van der Waals surface area contributed by atoms with Crippen molar-refractivity contribution >= 4 is 35.0 Å². The summed E-state index contributed by atoms with van der Waals surface area (Å²) >= 11 is 6.30. The minimum absolute atomic E-state index is 0.00950. The maximum atomic E-state index is 12.8. The van der Waals surface area contributed by atoms with Crippen molar-refractivity contribution in [3.05, 3.63) is 45.3 Å². The van der Waals surface area contributed by atoms with E-state index in [4.69, 9.17) is 17.4 Å². The lowest BCUT2D eigenvalue weighted by Gasteiger charge is -2.11. The van der Waals surface area contributed by atoms with Gasteiger partial charge in [0.15, 0.2) is 0 Å². The average Bonchev–Trinajstić information content (AvgIpc) is 2.49. The molecule has 1 aromatic heterocycles. The summed E-state index contributed by atoms with van der Waals surface area (Å²) in [5.41, 5.74) is -1.73. The molecule has 0 saturated heterocycles. The first-order chi connectivity index (χ1) is 11.2. The third-order valence-electron chi connectivity index (χ3n) is 2.64. The quantitative estimate of drug-likeness (QED) is 0.619. The van der Waals surface area contributed by atoms with E-state index in [0.29, 0.717) is 4.68 Å². The molecule has 0 fully saturated rings. The molecule has 0 bridgehead atoms. The van der Waals surface area contributed by atoms with Crippen LogP contribution >= 0.6 is 23.4 Å². The van der Waals surface area contributed by atoms with Crippen LogP contribution in [0, 0.1) is 0 Å². The zero-order valence-electron chi connectivity index (χ0n) is 11.7. The molecule has 0 radical (unpaired) electrons. The summed E-state index contributed by atoms with van der Waals surface area (Å²) < 4.78 is 39.0. The smallest absolute Gasteiger partial charge is 0.334 e. The summed E-state index contributed by atoms with van der Waals surface area (Å²) in [5.74, 6) is 4.56. The lowest BCUT2D eigenvalue weighted by molar-refractivity contribution is -0.137. The first-order valence-electron chi connectivity index (χ1n) is 6.17. The van der Waals surface area contributed by atoms with Crippen LogP contribution in [-0.2, 0) is 11.0 Å². The van der Waals surface area contributed by atoms with Crippen LogP contribution in [-0.4, -0.2) is 26.5 Å². The fraction of sp³-hybridized carbons (Fsp3) is 0.167.